The fourth-order valence-corrected chi connectivity index (χ4v) is 5.88. The molecule has 0 amide bonds. The Kier molecular flexibility index (Phi) is 3.87. The van der Waals surface area contributed by atoms with Crippen molar-refractivity contribution >= 4 is 11.3 Å². The number of rotatable bonds is 3. The van der Waals surface area contributed by atoms with Gasteiger partial charge in [0.05, 0.1) is 11.2 Å². The second-order valence-electron chi connectivity index (χ2n) is 7.57. The molecule has 6 heteroatoms. The van der Waals surface area contributed by atoms with Crippen molar-refractivity contribution in [1.29, 1.82) is 0 Å². The molecule has 1 aromatic heterocycles. The zero-order chi connectivity index (χ0) is 17.0. The van der Waals surface area contributed by atoms with Gasteiger partial charge < -0.3 is 0 Å². The Hall–Kier alpha value is -1.37. The summed E-state index contributed by atoms with van der Waals surface area (Å²) >= 11 is 1.62. The monoisotopic (exact) mass is 361 g/mol. The fourth-order valence-electron chi connectivity index (χ4n) is 5.33. The van der Waals surface area contributed by atoms with Gasteiger partial charge in [-0.3, -0.25) is 9.80 Å². The van der Waals surface area contributed by atoms with Crippen LogP contribution in [0.5, 0.6) is 0 Å². The minimum atomic E-state index is -0.472. The van der Waals surface area contributed by atoms with Gasteiger partial charge in [-0.1, -0.05) is 0 Å². The van der Waals surface area contributed by atoms with Crippen molar-refractivity contribution < 1.29 is 8.78 Å². The largest absolute Gasteiger partial charge is 0.298 e. The van der Waals surface area contributed by atoms with Crippen molar-refractivity contribution in [3.63, 3.8) is 0 Å². The Morgan fingerprint density at radius 2 is 1.84 bits per heavy atom. The molecule has 4 aliphatic heterocycles. The van der Waals surface area contributed by atoms with Gasteiger partial charge in [-0.05, 0) is 49.5 Å². The molecule has 25 heavy (non-hydrogen) atoms. The molecule has 0 spiro atoms. The SMILES string of the molecule is Fc1cc(F)cc([C@@H]2CN(Cc3cscn3)[C@@H]3C4CCN(CC4)[C@@H]32)c1. The van der Waals surface area contributed by atoms with Crippen LogP contribution >= 0.6 is 11.3 Å². The molecule has 3 atom stereocenters. The van der Waals surface area contributed by atoms with Gasteiger partial charge in [-0.2, -0.15) is 0 Å². The van der Waals surface area contributed by atoms with E-state index in [0.717, 1.165) is 43.5 Å². The molecular formula is C19H21F2N3S. The molecule has 3 nitrogen and oxygen atoms in total. The number of thiazole rings is 1. The summed E-state index contributed by atoms with van der Waals surface area (Å²) in [5.41, 5.74) is 3.78. The van der Waals surface area contributed by atoms with Gasteiger partial charge in [0.25, 0.3) is 0 Å². The molecule has 0 N–H and O–H groups in total. The topological polar surface area (TPSA) is 19.4 Å². The molecule has 4 fully saturated rings. The van der Waals surface area contributed by atoms with Crippen LogP contribution < -0.4 is 0 Å². The Labute approximate surface area is 150 Å². The summed E-state index contributed by atoms with van der Waals surface area (Å²) in [5, 5.41) is 2.10. The summed E-state index contributed by atoms with van der Waals surface area (Å²) < 4.78 is 27.6. The van der Waals surface area contributed by atoms with Gasteiger partial charge in [0.15, 0.2) is 0 Å². The number of hydrogen-bond donors (Lipinski definition) is 0. The minimum absolute atomic E-state index is 0.164. The summed E-state index contributed by atoms with van der Waals surface area (Å²) in [7, 11) is 0. The smallest absolute Gasteiger partial charge is 0.126 e. The lowest BCUT2D eigenvalue weighted by Gasteiger charge is -2.51. The minimum Gasteiger partial charge on any atom is -0.298 e. The molecular weight excluding hydrogens is 340 g/mol. The van der Waals surface area contributed by atoms with Gasteiger partial charge in [-0.15, -0.1) is 11.3 Å². The number of likely N-dealkylation sites (tertiary alicyclic amines) is 1. The van der Waals surface area contributed by atoms with Gasteiger partial charge in [0.2, 0.25) is 0 Å². The third-order valence-corrected chi connectivity index (χ3v) is 6.89. The van der Waals surface area contributed by atoms with E-state index < -0.39 is 11.6 Å². The third kappa shape index (κ3) is 2.71. The van der Waals surface area contributed by atoms with Crippen LogP contribution in [0.25, 0.3) is 0 Å². The van der Waals surface area contributed by atoms with E-state index in [0.29, 0.717) is 18.0 Å². The third-order valence-electron chi connectivity index (χ3n) is 6.26. The highest BCUT2D eigenvalue weighted by Gasteiger charge is 2.53. The number of nitrogens with zero attached hydrogens (tertiary/aromatic N) is 3. The first kappa shape index (κ1) is 15.9. The van der Waals surface area contributed by atoms with Crippen molar-refractivity contribution in [2.45, 2.75) is 37.4 Å². The zero-order valence-corrected chi connectivity index (χ0v) is 14.8. The van der Waals surface area contributed by atoms with Crippen molar-refractivity contribution in [2.75, 3.05) is 19.6 Å². The number of hydrogen-bond acceptors (Lipinski definition) is 4. The van der Waals surface area contributed by atoms with Crippen molar-refractivity contribution in [3.05, 3.63) is 52.0 Å². The quantitative estimate of drug-likeness (QED) is 0.834. The molecule has 5 heterocycles. The van der Waals surface area contributed by atoms with Gasteiger partial charge >= 0.3 is 0 Å². The highest BCUT2D eigenvalue weighted by Crippen LogP contribution is 2.47. The van der Waals surface area contributed by atoms with E-state index >= 15 is 0 Å². The number of fused-ring (bicyclic) bond motifs is 2. The Morgan fingerprint density at radius 1 is 1.08 bits per heavy atom. The van der Waals surface area contributed by atoms with E-state index in [1.54, 1.807) is 11.3 Å². The number of aromatic nitrogens is 1. The summed E-state index contributed by atoms with van der Waals surface area (Å²) in [6.07, 6.45) is 2.47. The molecule has 0 aliphatic carbocycles. The average Bonchev–Trinajstić information content (AvgIpc) is 3.24. The van der Waals surface area contributed by atoms with Crippen LogP contribution in [-0.4, -0.2) is 46.5 Å². The molecule has 0 saturated carbocycles. The van der Waals surface area contributed by atoms with Gasteiger partial charge in [0, 0.05) is 42.5 Å². The van der Waals surface area contributed by atoms with E-state index in [2.05, 4.69) is 20.2 Å². The maximum atomic E-state index is 13.8. The molecule has 2 aromatic rings. The van der Waals surface area contributed by atoms with Crippen LogP contribution in [0, 0.1) is 17.6 Å². The molecule has 1 aromatic carbocycles. The van der Waals surface area contributed by atoms with E-state index in [-0.39, 0.29) is 5.92 Å². The van der Waals surface area contributed by atoms with Crippen LogP contribution in [-0.2, 0) is 6.54 Å². The first-order valence-electron chi connectivity index (χ1n) is 9.00. The van der Waals surface area contributed by atoms with Crippen LogP contribution in [0.1, 0.15) is 30.0 Å². The van der Waals surface area contributed by atoms with Crippen LogP contribution in [0.3, 0.4) is 0 Å². The van der Waals surface area contributed by atoms with E-state index in [1.807, 2.05) is 5.51 Å². The predicted octanol–water partition coefficient (Wildman–Crippen LogP) is 3.48. The first-order valence-corrected chi connectivity index (χ1v) is 9.94. The Bertz CT molecular complexity index is 738. The second kappa shape index (κ2) is 6.11. The zero-order valence-electron chi connectivity index (χ0n) is 13.9. The number of benzene rings is 1. The molecule has 4 aliphatic rings. The Morgan fingerprint density at radius 3 is 2.52 bits per heavy atom. The van der Waals surface area contributed by atoms with Gasteiger partial charge in [0.1, 0.15) is 11.6 Å². The molecule has 6 rings (SSSR count). The van der Waals surface area contributed by atoms with E-state index in [9.17, 15) is 8.78 Å². The van der Waals surface area contributed by atoms with Crippen molar-refractivity contribution in [2.24, 2.45) is 5.92 Å². The number of piperidine rings is 3. The van der Waals surface area contributed by atoms with Crippen LogP contribution in [0.2, 0.25) is 0 Å². The molecule has 0 unspecified atom stereocenters. The molecule has 4 saturated heterocycles. The average molecular weight is 361 g/mol. The highest BCUT2D eigenvalue weighted by molar-refractivity contribution is 7.07. The molecule has 132 valence electrons. The Balaban J connectivity index is 1.51. The maximum absolute atomic E-state index is 13.8. The summed E-state index contributed by atoms with van der Waals surface area (Å²) in [4.78, 5) is 9.52. The lowest BCUT2D eigenvalue weighted by Crippen LogP contribution is -2.60. The van der Waals surface area contributed by atoms with Gasteiger partial charge in [-0.25, -0.2) is 13.8 Å². The lowest BCUT2D eigenvalue weighted by molar-refractivity contribution is -0.00896. The molecule has 0 radical (unpaired) electrons. The lowest BCUT2D eigenvalue weighted by atomic mass is 9.75. The number of halogens is 2. The molecule has 2 bridgehead atoms. The summed E-state index contributed by atoms with van der Waals surface area (Å²) in [6.45, 7) is 3.92. The van der Waals surface area contributed by atoms with Crippen molar-refractivity contribution in [1.82, 2.24) is 14.8 Å². The standard InChI is InChI=1S/C19H21F2N3S/c20-14-5-13(6-15(21)7-14)17-9-24(8-16-10-25-11-22-16)18-12-1-3-23(4-2-12)19(17)18/h5-7,10-12,17-19H,1-4,8-9H2/t17-,18+,19+/m0/s1. The van der Waals surface area contributed by atoms with E-state index in [4.69, 9.17) is 0 Å². The predicted molar refractivity (Wildman–Crippen MR) is 93.5 cm³/mol. The second-order valence-corrected chi connectivity index (χ2v) is 8.29. The summed E-state index contributed by atoms with van der Waals surface area (Å²) in [5.74, 6) is -0.0880. The highest BCUT2D eigenvalue weighted by atomic mass is 32.1. The maximum Gasteiger partial charge on any atom is 0.126 e. The first-order chi connectivity index (χ1) is 12.2. The summed E-state index contributed by atoms with van der Waals surface area (Å²) in [6, 6.07) is 4.87. The normalized spacial score (nSPS) is 34.4. The fraction of sp³-hybridized carbons (Fsp3) is 0.526. The van der Waals surface area contributed by atoms with Crippen molar-refractivity contribution in [3.8, 4) is 0 Å². The van der Waals surface area contributed by atoms with E-state index in [1.165, 1.54) is 25.0 Å². The van der Waals surface area contributed by atoms with Crippen LogP contribution in [0.15, 0.2) is 29.1 Å². The van der Waals surface area contributed by atoms with Crippen LogP contribution in [0.4, 0.5) is 8.78 Å².